The van der Waals surface area contributed by atoms with E-state index in [1.165, 1.54) is 0 Å². The van der Waals surface area contributed by atoms with Gasteiger partial charge in [-0.05, 0) is 43.2 Å². The fourth-order valence-corrected chi connectivity index (χ4v) is 4.03. The van der Waals surface area contributed by atoms with E-state index in [1.54, 1.807) is 42.3 Å². The van der Waals surface area contributed by atoms with E-state index in [2.05, 4.69) is 4.72 Å². The summed E-state index contributed by atoms with van der Waals surface area (Å²) in [5.41, 5.74) is 2.02. The minimum absolute atomic E-state index is 0.0412. The molecule has 0 saturated heterocycles. The standard InChI is InChI=1S/C18H20N2O3S/c1-18(2)15-11-13(9-10-16(15)20(3)17(18)21)12-19-24(22,23)14-7-5-4-6-8-14/h4-11,19H,12H2,1-3H3. The summed E-state index contributed by atoms with van der Waals surface area (Å²) in [7, 11) is -1.79. The molecule has 1 heterocycles. The summed E-state index contributed by atoms with van der Waals surface area (Å²) in [6.07, 6.45) is 0. The third-order valence-corrected chi connectivity index (χ3v) is 5.87. The van der Waals surface area contributed by atoms with Crippen molar-refractivity contribution in [2.75, 3.05) is 11.9 Å². The molecule has 0 bridgehead atoms. The lowest BCUT2D eigenvalue weighted by atomic mass is 9.85. The molecule has 0 radical (unpaired) electrons. The van der Waals surface area contributed by atoms with Crippen LogP contribution in [0.25, 0.3) is 0 Å². The third-order valence-electron chi connectivity index (χ3n) is 4.45. The maximum absolute atomic E-state index is 12.3. The van der Waals surface area contributed by atoms with E-state index in [-0.39, 0.29) is 17.3 Å². The summed E-state index contributed by atoms with van der Waals surface area (Å²) in [6.45, 7) is 3.95. The minimum atomic E-state index is -3.55. The summed E-state index contributed by atoms with van der Waals surface area (Å²) in [6, 6.07) is 13.9. The van der Waals surface area contributed by atoms with E-state index in [0.717, 1.165) is 16.8 Å². The lowest BCUT2D eigenvalue weighted by molar-refractivity contribution is -0.121. The van der Waals surface area contributed by atoms with E-state index >= 15 is 0 Å². The molecule has 0 aromatic heterocycles. The van der Waals surface area contributed by atoms with Crippen LogP contribution >= 0.6 is 0 Å². The molecular weight excluding hydrogens is 324 g/mol. The Bertz CT molecular complexity index is 890. The highest BCUT2D eigenvalue weighted by Crippen LogP contribution is 2.41. The van der Waals surface area contributed by atoms with Gasteiger partial charge in [-0.25, -0.2) is 13.1 Å². The van der Waals surface area contributed by atoms with Crippen molar-refractivity contribution in [2.45, 2.75) is 30.7 Å². The molecule has 1 N–H and O–H groups in total. The molecule has 0 atom stereocenters. The summed E-state index contributed by atoms with van der Waals surface area (Å²) < 4.78 is 27.2. The van der Waals surface area contributed by atoms with Gasteiger partial charge < -0.3 is 4.90 Å². The van der Waals surface area contributed by atoms with Crippen LogP contribution in [0.1, 0.15) is 25.0 Å². The number of amides is 1. The van der Waals surface area contributed by atoms with Gasteiger partial charge in [-0.1, -0.05) is 30.3 Å². The molecule has 2 aromatic carbocycles. The van der Waals surface area contributed by atoms with Gasteiger partial charge in [0.1, 0.15) is 0 Å². The summed E-state index contributed by atoms with van der Waals surface area (Å²) in [4.78, 5) is 14.2. The predicted molar refractivity (Wildman–Crippen MR) is 93.3 cm³/mol. The summed E-state index contributed by atoms with van der Waals surface area (Å²) >= 11 is 0. The fourth-order valence-electron chi connectivity index (χ4n) is 2.99. The van der Waals surface area contributed by atoms with Crippen molar-refractivity contribution in [3.63, 3.8) is 0 Å². The molecule has 3 rings (SSSR count). The Hall–Kier alpha value is -2.18. The van der Waals surface area contributed by atoms with E-state index in [4.69, 9.17) is 0 Å². The molecule has 1 aliphatic heterocycles. The van der Waals surface area contributed by atoms with Crippen LogP contribution in [0.3, 0.4) is 0 Å². The molecule has 0 aliphatic carbocycles. The van der Waals surface area contributed by atoms with Crippen molar-refractivity contribution in [1.29, 1.82) is 0 Å². The van der Waals surface area contributed by atoms with Gasteiger partial charge in [-0.3, -0.25) is 4.79 Å². The zero-order chi connectivity index (χ0) is 17.5. The van der Waals surface area contributed by atoms with Crippen molar-refractivity contribution in [3.05, 3.63) is 59.7 Å². The number of sulfonamides is 1. The average molecular weight is 344 g/mol. The Balaban J connectivity index is 1.84. The Morgan fingerprint density at radius 3 is 2.42 bits per heavy atom. The zero-order valence-electron chi connectivity index (χ0n) is 13.9. The number of nitrogens with zero attached hydrogens (tertiary/aromatic N) is 1. The summed E-state index contributed by atoms with van der Waals surface area (Å²) in [5, 5.41) is 0. The van der Waals surface area contributed by atoms with Crippen molar-refractivity contribution in [2.24, 2.45) is 0 Å². The van der Waals surface area contributed by atoms with Crippen LogP contribution in [0.2, 0.25) is 0 Å². The first-order valence-electron chi connectivity index (χ1n) is 7.70. The molecule has 5 nitrogen and oxygen atoms in total. The number of likely N-dealkylation sites (N-methyl/N-ethyl adjacent to an activating group) is 1. The first-order valence-corrected chi connectivity index (χ1v) is 9.18. The lowest BCUT2D eigenvalue weighted by Gasteiger charge is -2.16. The number of benzene rings is 2. The van der Waals surface area contributed by atoms with Crippen molar-refractivity contribution in [3.8, 4) is 0 Å². The van der Waals surface area contributed by atoms with Gasteiger partial charge in [0.25, 0.3) is 0 Å². The van der Waals surface area contributed by atoms with Crippen molar-refractivity contribution >= 4 is 21.6 Å². The summed E-state index contributed by atoms with van der Waals surface area (Å²) in [5.74, 6) is 0.0412. The number of rotatable bonds is 4. The monoisotopic (exact) mass is 344 g/mol. The van der Waals surface area contributed by atoms with Gasteiger partial charge in [-0.15, -0.1) is 0 Å². The van der Waals surface area contributed by atoms with Crippen molar-refractivity contribution in [1.82, 2.24) is 4.72 Å². The zero-order valence-corrected chi connectivity index (χ0v) is 14.7. The van der Waals surface area contributed by atoms with Gasteiger partial charge in [0, 0.05) is 19.3 Å². The van der Waals surface area contributed by atoms with E-state index in [9.17, 15) is 13.2 Å². The molecule has 2 aromatic rings. The maximum Gasteiger partial charge on any atom is 0.240 e. The van der Waals surface area contributed by atoms with Crippen LogP contribution < -0.4 is 9.62 Å². The van der Waals surface area contributed by atoms with Gasteiger partial charge >= 0.3 is 0 Å². The second-order valence-corrected chi connectivity index (χ2v) is 8.25. The van der Waals surface area contributed by atoms with Crippen LogP contribution in [0.15, 0.2) is 53.4 Å². The molecule has 0 fully saturated rings. The van der Waals surface area contributed by atoms with Gasteiger partial charge in [0.05, 0.1) is 10.3 Å². The van der Waals surface area contributed by atoms with Crippen LogP contribution in [0.4, 0.5) is 5.69 Å². The molecule has 6 heteroatoms. The second kappa shape index (κ2) is 5.72. The van der Waals surface area contributed by atoms with E-state index < -0.39 is 15.4 Å². The van der Waals surface area contributed by atoms with Gasteiger partial charge in [0.2, 0.25) is 15.9 Å². The van der Waals surface area contributed by atoms with Crippen LogP contribution in [-0.2, 0) is 26.8 Å². The number of nitrogens with one attached hydrogen (secondary N) is 1. The topological polar surface area (TPSA) is 66.5 Å². The molecule has 0 spiro atoms. The quantitative estimate of drug-likeness (QED) is 0.926. The SMILES string of the molecule is CN1C(=O)C(C)(C)c2cc(CNS(=O)(=O)c3ccccc3)ccc21. The first kappa shape index (κ1) is 16.7. The second-order valence-electron chi connectivity index (χ2n) is 6.48. The Labute approximate surface area is 142 Å². The largest absolute Gasteiger partial charge is 0.314 e. The number of hydrogen-bond donors (Lipinski definition) is 1. The number of fused-ring (bicyclic) bond motifs is 1. The third kappa shape index (κ3) is 2.72. The average Bonchev–Trinajstić information content (AvgIpc) is 2.75. The highest BCUT2D eigenvalue weighted by atomic mass is 32.2. The molecule has 1 amide bonds. The van der Waals surface area contributed by atoms with E-state index in [0.29, 0.717) is 0 Å². The normalized spacial score (nSPS) is 16.3. The van der Waals surface area contributed by atoms with Crippen molar-refractivity contribution < 1.29 is 13.2 Å². The first-order chi connectivity index (χ1) is 11.2. The predicted octanol–water partition coefficient (Wildman–Crippen LogP) is 2.42. The highest BCUT2D eigenvalue weighted by molar-refractivity contribution is 7.89. The Morgan fingerprint density at radius 2 is 1.75 bits per heavy atom. The minimum Gasteiger partial charge on any atom is -0.314 e. The van der Waals surface area contributed by atoms with E-state index in [1.807, 2.05) is 32.0 Å². The molecule has 1 aliphatic rings. The van der Waals surface area contributed by atoms with Crippen LogP contribution in [-0.4, -0.2) is 21.4 Å². The van der Waals surface area contributed by atoms with Crippen LogP contribution in [0, 0.1) is 0 Å². The fraction of sp³-hybridized carbons (Fsp3) is 0.278. The van der Waals surface area contributed by atoms with Gasteiger partial charge in [-0.2, -0.15) is 0 Å². The Kier molecular flexibility index (Phi) is 3.97. The molecule has 126 valence electrons. The molecular formula is C18H20N2O3S. The Morgan fingerprint density at radius 1 is 1.08 bits per heavy atom. The maximum atomic E-state index is 12.3. The lowest BCUT2D eigenvalue weighted by Crippen LogP contribution is -2.33. The number of anilines is 1. The molecule has 0 unspecified atom stereocenters. The highest BCUT2D eigenvalue weighted by Gasteiger charge is 2.42. The van der Waals surface area contributed by atoms with Crippen LogP contribution in [0.5, 0.6) is 0 Å². The molecule has 24 heavy (non-hydrogen) atoms. The molecule has 0 saturated carbocycles. The number of carbonyl (C=O) groups is 1. The number of carbonyl (C=O) groups excluding carboxylic acids is 1. The number of hydrogen-bond acceptors (Lipinski definition) is 3. The smallest absolute Gasteiger partial charge is 0.240 e. The van der Waals surface area contributed by atoms with Gasteiger partial charge in [0.15, 0.2) is 0 Å².